The summed E-state index contributed by atoms with van der Waals surface area (Å²) in [5.74, 6) is 0.523. The first-order valence-electron chi connectivity index (χ1n) is 7.48. The highest BCUT2D eigenvalue weighted by molar-refractivity contribution is 5.57. The van der Waals surface area contributed by atoms with Gasteiger partial charge in [0, 0.05) is 24.8 Å². The molecule has 2 nitrogen and oxygen atoms in total. The van der Waals surface area contributed by atoms with Crippen LogP contribution in [0.2, 0.25) is 0 Å². The molecule has 1 N–H and O–H groups in total. The summed E-state index contributed by atoms with van der Waals surface area (Å²) in [6.45, 7) is 10.6. The van der Waals surface area contributed by atoms with Crippen LogP contribution in [0.4, 0.5) is 10.1 Å². The van der Waals surface area contributed by atoms with E-state index in [0.29, 0.717) is 17.5 Å². The van der Waals surface area contributed by atoms with Gasteiger partial charge in [-0.2, -0.15) is 0 Å². The van der Waals surface area contributed by atoms with Crippen LogP contribution < -0.4 is 10.2 Å². The fourth-order valence-corrected chi connectivity index (χ4v) is 2.57. The molecule has 2 unspecified atom stereocenters. The van der Waals surface area contributed by atoms with Gasteiger partial charge in [0.25, 0.3) is 0 Å². The lowest BCUT2D eigenvalue weighted by Crippen LogP contribution is -2.32. The zero-order valence-electron chi connectivity index (χ0n) is 13.9. The molecular formula is C17H29FN2. The predicted octanol–water partition coefficient (Wildman–Crippen LogP) is 4.29. The molecule has 1 rings (SSSR count). The normalized spacial score (nSPS) is 14.4. The maximum absolute atomic E-state index is 13.9. The number of halogens is 1. The Balaban J connectivity index is 3.17. The molecule has 0 aliphatic rings. The molecule has 0 radical (unpaired) electrons. The Morgan fingerprint density at radius 3 is 2.30 bits per heavy atom. The molecule has 0 fully saturated rings. The number of hydrogen-bond donors (Lipinski definition) is 1. The lowest BCUT2D eigenvalue weighted by atomic mass is 9.99. The number of nitrogens with one attached hydrogen (secondary N) is 1. The molecule has 2 atom stereocenters. The Hall–Kier alpha value is -1.09. The summed E-state index contributed by atoms with van der Waals surface area (Å²) < 4.78 is 13.9. The maximum Gasteiger partial charge on any atom is 0.126 e. The van der Waals surface area contributed by atoms with E-state index < -0.39 is 0 Å². The van der Waals surface area contributed by atoms with Gasteiger partial charge in [0.15, 0.2) is 0 Å². The molecule has 1 aromatic carbocycles. The van der Waals surface area contributed by atoms with Gasteiger partial charge in [0.05, 0.1) is 0 Å². The van der Waals surface area contributed by atoms with Gasteiger partial charge in [0.1, 0.15) is 5.82 Å². The van der Waals surface area contributed by atoms with E-state index in [4.69, 9.17) is 0 Å². The second-order valence-electron chi connectivity index (χ2n) is 6.26. The molecule has 0 saturated carbocycles. The van der Waals surface area contributed by atoms with E-state index in [2.05, 4.69) is 45.0 Å². The molecule has 114 valence electrons. The maximum atomic E-state index is 13.9. The molecule has 0 heterocycles. The standard InChI is InChI=1S/C17H29FN2/c1-11(2)8-13(4)20(7)17-9-12(3)16(18)10-15(17)14(5)19-6/h9-11,13-14,19H,8H2,1-7H3. The van der Waals surface area contributed by atoms with Gasteiger partial charge >= 0.3 is 0 Å². The summed E-state index contributed by atoms with van der Waals surface area (Å²) in [5, 5.41) is 3.21. The van der Waals surface area contributed by atoms with Crippen LogP contribution in [0, 0.1) is 18.7 Å². The van der Waals surface area contributed by atoms with Crippen molar-refractivity contribution in [3.05, 3.63) is 29.1 Å². The van der Waals surface area contributed by atoms with Crippen molar-refractivity contribution in [2.45, 2.75) is 53.1 Å². The topological polar surface area (TPSA) is 15.3 Å². The second kappa shape index (κ2) is 7.07. The van der Waals surface area contributed by atoms with Gasteiger partial charge in [-0.25, -0.2) is 4.39 Å². The minimum atomic E-state index is -0.129. The first kappa shape index (κ1) is 17.0. The highest BCUT2D eigenvalue weighted by Gasteiger charge is 2.19. The summed E-state index contributed by atoms with van der Waals surface area (Å²) >= 11 is 0. The lowest BCUT2D eigenvalue weighted by Gasteiger charge is -2.32. The average molecular weight is 280 g/mol. The van der Waals surface area contributed by atoms with Gasteiger partial charge in [-0.15, -0.1) is 0 Å². The van der Waals surface area contributed by atoms with Crippen LogP contribution in [0.3, 0.4) is 0 Å². The zero-order chi connectivity index (χ0) is 15.4. The monoisotopic (exact) mass is 280 g/mol. The van der Waals surface area contributed by atoms with E-state index in [1.54, 1.807) is 6.07 Å². The highest BCUT2D eigenvalue weighted by Crippen LogP contribution is 2.30. The zero-order valence-corrected chi connectivity index (χ0v) is 13.9. The van der Waals surface area contributed by atoms with Crippen molar-refractivity contribution in [2.75, 3.05) is 19.0 Å². The Morgan fingerprint density at radius 2 is 1.80 bits per heavy atom. The average Bonchev–Trinajstić information content (AvgIpc) is 2.38. The Morgan fingerprint density at radius 1 is 1.20 bits per heavy atom. The van der Waals surface area contributed by atoms with Crippen molar-refractivity contribution in [1.29, 1.82) is 0 Å². The van der Waals surface area contributed by atoms with Crippen LogP contribution in [0.5, 0.6) is 0 Å². The summed E-state index contributed by atoms with van der Waals surface area (Å²) in [6, 6.07) is 4.20. The number of benzene rings is 1. The molecule has 0 saturated heterocycles. The van der Waals surface area contributed by atoms with Crippen LogP contribution in [0.15, 0.2) is 12.1 Å². The van der Waals surface area contributed by atoms with Crippen molar-refractivity contribution >= 4 is 5.69 Å². The van der Waals surface area contributed by atoms with Crippen LogP contribution >= 0.6 is 0 Å². The number of aryl methyl sites for hydroxylation is 1. The summed E-state index contributed by atoms with van der Waals surface area (Å²) in [7, 11) is 4.01. The molecule has 0 bridgehead atoms. The van der Waals surface area contributed by atoms with E-state index in [0.717, 1.165) is 17.7 Å². The third kappa shape index (κ3) is 3.95. The number of rotatable bonds is 6. The van der Waals surface area contributed by atoms with E-state index in [1.165, 1.54) is 0 Å². The Bertz CT molecular complexity index is 443. The summed E-state index contributed by atoms with van der Waals surface area (Å²) in [6.07, 6.45) is 1.13. The molecule has 20 heavy (non-hydrogen) atoms. The Labute approximate surface area is 123 Å². The Kier molecular flexibility index (Phi) is 6.00. The van der Waals surface area contributed by atoms with Crippen LogP contribution in [0.1, 0.15) is 51.3 Å². The third-order valence-electron chi connectivity index (χ3n) is 4.06. The molecular weight excluding hydrogens is 251 g/mol. The number of nitrogens with zero attached hydrogens (tertiary/aromatic N) is 1. The minimum absolute atomic E-state index is 0.129. The van der Waals surface area contributed by atoms with E-state index in [1.807, 2.05) is 20.0 Å². The van der Waals surface area contributed by atoms with Crippen LogP contribution in [0.25, 0.3) is 0 Å². The van der Waals surface area contributed by atoms with Crippen LogP contribution in [-0.2, 0) is 0 Å². The molecule has 0 aliphatic carbocycles. The molecule has 0 spiro atoms. The molecule has 1 aromatic rings. The van der Waals surface area contributed by atoms with E-state index >= 15 is 0 Å². The summed E-state index contributed by atoms with van der Waals surface area (Å²) in [5.41, 5.74) is 2.85. The van der Waals surface area contributed by atoms with E-state index in [-0.39, 0.29) is 11.9 Å². The van der Waals surface area contributed by atoms with Crippen molar-refractivity contribution in [1.82, 2.24) is 5.32 Å². The van der Waals surface area contributed by atoms with Gasteiger partial charge in [-0.1, -0.05) is 13.8 Å². The predicted molar refractivity (Wildman–Crippen MR) is 85.9 cm³/mol. The first-order chi connectivity index (χ1) is 9.27. The molecule has 3 heteroatoms. The molecule has 0 amide bonds. The first-order valence-corrected chi connectivity index (χ1v) is 7.48. The van der Waals surface area contributed by atoms with E-state index in [9.17, 15) is 4.39 Å². The fourth-order valence-electron chi connectivity index (χ4n) is 2.57. The van der Waals surface area contributed by atoms with Gasteiger partial charge in [0.2, 0.25) is 0 Å². The molecule has 0 aliphatic heterocycles. The van der Waals surface area contributed by atoms with Crippen LogP contribution in [-0.4, -0.2) is 20.1 Å². The number of anilines is 1. The highest BCUT2D eigenvalue weighted by atomic mass is 19.1. The number of hydrogen-bond acceptors (Lipinski definition) is 2. The quantitative estimate of drug-likeness (QED) is 0.836. The van der Waals surface area contributed by atoms with Crippen molar-refractivity contribution in [3.63, 3.8) is 0 Å². The van der Waals surface area contributed by atoms with Crippen molar-refractivity contribution < 1.29 is 4.39 Å². The van der Waals surface area contributed by atoms with Gasteiger partial charge in [-0.05, 0) is 63.4 Å². The van der Waals surface area contributed by atoms with Crippen molar-refractivity contribution in [3.8, 4) is 0 Å². The van der Waals surface area contributed by atoms with Gasteiger partial charge in [-0.3, -0.25) is 0 Å². The minimum Gasteiger partial charge on any atom is -0.372 e. The SMILES string of the molecule is CNC(C)c1cc(F)c(C)cc1N(C)C(C)CC(C)C. The fraction of sp³-hybridized carbons (Fsp3) is 0.647. The largest absolute Gasteiger partial charge is 0.372 e. The van der Waals surface area contributed by atoms with Crippen molar-refractivity contribution in [2.24, 2.45) is 5.92 Å². The third-order valence-corrected chi connectivity index (χ3v) is 4.06. The second-order valence-corrected chi connectivity index (χ2v) is 6.26. The van der Waals surface area contributed by atoms with Gasteiger partial charge < -0.3 is 10.2 Å². The summed E-state index contributed by atoms with van der Waals surface area (Å²) in [4.78, 5) is 2.27. The molecule has 0 aromatic heterocycles. The lowest BCUT2D eigenvalue weighted by molar-refractivity contribution is 0.501. The smallest absolute Gasteiger partial charge is 0.126 e.